The molecule has 0 aliphatic heterocycles. The molecule has 0 saturated carbocycles. The lowest BCUT2D eigenvalue weighted by Crippen LogP contribution is -2.48. The van der Waals surface area contributed by atoms with E-state index in [0.29, 0.717) is 31.5 Å². The first kappa shape index (κ1) is 19.8. The van der Waals surface area contributed by atoms with Gasteiger partial charge in [-0.2, -0.15) is 10.4 Å². The van der Waals surface area contributed by atoms with Gasteiger partial charge >= 0.3 is 0 Å². The van der Waals surface area contributed by atoms with Gasteiger partial charge in [-0.1, -0.05) is 46.4 Å². The van der Waals surface area contributed by atoms with Crippen molar-refractivity contribution in [3.63, 3.8) is 0 Å². The third-order valence-corrected chi connectivity index (χ3v) is 5.25. The van der Waals surface area contributed by atoms with Gasteiger partial charge in [-0.05, 0) is 37.3 Å². The Morgan fingerprint density at radius 2 is 1.89 bits per heavy atom. The number of fused-ring (bicyclic) bond motifs is 1. The predicted molar refractivity (Wildman–Crippen MR) is 108 cm³/mol. The molecule has 1 unspecified atom stereocenters. The molecule has 9 heteroatoms. The molecule has 1 N–H and O–H groups in total. The first-order valence-electron chi connectivity index (χ1n) is 7.72. The van der Waals surface area contributed by atoms with Crippen molar-refractivity contribution in [2.24, 2.45) is 0 Å². The molecule has 1 atom stereocenters. The lowest BCUT2D eigenvalue weighted by molar-refractivity contribution is 0.0917. The van der Waals surface area contributed by atoms with Crippen molar-refractivity contribution in [1.29, 1.82) is 5.26 Å². The van der Waals surface area contributed by atoms with Gasteiger partial charge in [0.05, 0.1) is 27.7 Å². The molecule has 5 nitrogen and oxygen atoms in total. The van der Waals surface area contributed by atoms with Gasteiger partial charge in [0.25, 0.3) is 5.91 Å². The Balaban J connectivity index is 1.87. The second-order valence-corrected chi connectivity index (χ2v) is 7.78. The number of amides is 1. The zero-order valence-corrected chi connectivity index (χ0v) is 17.0. The maximum atomic E-state index is 12.5. The van der Waals surface area contributed by atoms with Crippen LogP contribution < -0.4 is 5.32 Å². The second-order valence-electron chi connectivity index (χ2n) is 6.15. The molecule has 138 valence electrons. The number of rotatable bonds is 4. The van der Waals surface area contributed by atoms with E-state index in [-0.39, 0.29) is 11.6 Å². The molecule has 0 bridgehead atoms. The fourth-order valence-corrected chi connectivity index (χ4v) is 3.38. The molecule has 0 saturated heterocycles. The van der Waals surface area contributed by atoms with Crippen molar-refractivity contribution in [3.8, 4) is 6.07 Å². The summed E-state index contributed by atoms with van der Waals surface area (Å²) in [7, 11) is 0. The van der Waals surface area contributed by atoms with E-state index in [2.05, 4.69) is 16.5 Å². The van der Waals surface area contributed by atoms with E-state index in [1.807, 2.05) is 0 Å². The summed E-state index contributed by atoms with van der Waals surface area (Å²) < 4.78 is 1.50. The minimum Gasteiger partial charge on any atom is -0.332 e. The monoisotopic (exact) mass is 440 g/mol. The van der Waals surface area contributed by atoms with Crippen LogP contribution in [0, 0.1) is 11.3 Å². The van der Waals surface area contributed by atoms with Crippen LogP contribution in [0.3, 0.4) is 0 Å². The average Bonchev–Trinajstić information content (AvgIpc) is 3.04. The largest absolute Gasteiger partial charge is 0.332 e. The summed E-state index contributed by atoms with van der Waals surface area (Å²) in [5.74, 6) is -0.397. The normalized spacial score (nSPS) is 13.2. The number of nitriles is 1. The van der Waals surface area contributed by atoms with Crippen molar-refractivity contribution in [2.75, 3.05) is 0 Å². The minimum atomic E-state index is -1.22. The Kier molecular flexibility index (Phi) is 5.55. The summed E-state index contributed by atoms with van der Waals surface area (Å²) in [5.41, 5.74) is -0.399. The first-order chi connectivity index (χ1) is 12.7. The number of hydrogen-bond acceptors (Lipinski definition) is 3. The van der Waals surface area contributed by atoms with Crippen LogP contribution in [-0.2, 0) is 6.54 Å². The van der Waals surface area contributed by atoms with Gasteiger partial charge in [-0.3, -0.25) is 9.48 Å². The molecule has 1 heterocycles. The van der Waals surface area contributed by atoms with Gasteiger partial charge in [-0.25, -0.2) is 0 Å². The number of hydrogen-bond donors (Lipinski definition) is 1. The van der Waals surface area contributed by atoms with Crippen molar-refractivity contribution in [3.05, 3.63) is 62.2 Å². The third kappa shape index (κ3) is 4.15. The van der Waals surface area contributed by atoms with Crippen LogP contribution in [0.2, 0.25) is 20.1 Å². The number of nitrogens with one attached hydrogen (secondary N) is 1. The quantitative estimate of drug-likeness (QED) is 0.553. The van der Waals surface area contributed by atoms with Crippen molar-refractivity contribution >= 4 is 63.2 Å². The molecule has 0 aliphatic rings. The van der Waals surface area contributed by atoms with Crippen LogP contribution in [-0.4, -0.2) is 21.2 Å². The third-order valence-electron chi connectivity index (χ3n) is 3.91. The molecular formula is C18H12Cl4N4O. The van der Waals surface area contributed by atoms with Gasteiger partial charge in [0.2, 0.25) is 0 Å². The molecule has 3 aromatic rings. The number of aromatic nitrogens is 2. The molecule has 1 amide bonds. The zero-order chi connectivity index (χ0) is 19.8. The van der Waals surface area contributed by atoms with Crippen molar-refractivity contribution in [2.45, 2.75) is 19.0 Å². The zero-order valence-electron chi connectivity index (χ0n) is 13.9. The van der Waals surface area contributed by atoms with Crippen LogP contribution in [0.15, 0.2) is 36.5 Å². The number of carbonyl (C=O) groups excluding carboxylic acids is 1. The van der Waals surface area contributed by atoms with Gasteiger partial charge in [-0.15, -0.1) is 0 Å². The number of nitrogens with zero attached hydrogens (tertiary/aromatic N) is 3. The smallest absolute Gasteiger partial charge is 0.252 e. The van der Waals surface area contributed by atoms with Crippen LogP contribution in [0.4, 0.5) is 0 Å². The molecule has 0 spiro atoms. The van der Waals surface area contributed by atoms with Crippen LogP contribution in [0.5, 0.6) is 0 Å². The highest BCUT2D eigenvalue weighted by Crippen LogP contribution is 2.35. The molecule has 27 heavy (non-hydrogen) atoms. The standard InChI is InChI=1S/C18H12Cl4N4O/c1-18(8-23,24-17(27)10-2-4-11(19)5-3-10)9-26-7-12-13(20)6-14(21)15(22)16(12)25-26/h2-7H,9H2,1H3,(H,24,27). The number of halogens is 4. The molecule has 3 rings (SSSR count). The van der Waals surface area contributed by atoms with Crippen LogP contribution in [0.1, 0.15) is 17.3 Å². The Labute approximate surface area is 175 Å². The highest BCUT2D eigenvalue weighted by molar-refractivity contribution is 6.47. The Hall–Kier alpha value is -1.97. The SMILES string of the molecule is CC(C#N)(Cn1cc2c(Cl)cc(Cl)c(Cl)c2n1)NC(=O)c1ccc(Cl)cc1. The van der Waals surface area contributed by atoms with E-state index >= 15 is 0 Å². The van der Waals surface area contributed by atoms with E-state index in [9.17, 15) is 10.1 Å². The first-order valence-corrected chi connectivity index (χ1v) is 9.23. The molecule has 0 radical (unpaired) electrons. The van der Waals surface area contributed by atoms with E-state index in [0.717, 1.165) is 0 Å². The highest BCUT2D eigenvalue weighted by atomic mass is 35.5. The molecule has 0 aliphatic carbocycles. The van der Waals surface area contributed by atoms with Crippen molar-refractivity contribution < 1.29 is 4.79 Å². The van der Waals surface area contributed by atoms with Crippen LogP contribution >= 0.6 is 46.4 Å². The van der Waals surface area contributed by atoms with Crippen molar-refractivity contribution in [1.82, 2.24) is 15.1 Å². The minimum absolute atomic E-state index is 0.0851. The molecule has 1 aromatic heterocycles. The lowest BCUT2D eigenvalue weighted by atomic mass is 10.0. The predicted octanol–water partition coefficient (Wildman–Crippen LogP) is 5.36. The number of carbonyl (C=O) groups is 1. The lowest BCUT2D eigenvalue weighted by Gasteiger charge is -2.23. The maximum Gasteiger partial charge on any atom is 0.252 e. The summed E-state index contributed by atoms with van der Waals surface area (Å²) in [6.07, 6.45) is 1.66. The molecular weight excluding hydrogens is 430 g/mol. The average molecular weight is 442 g/mol. The topological polar surface area (TPSA) is 70.7 Å². The van der Waals surface area contributed by atoms with Gasteiger partial charge in [0.1, 0.15) is 11.1 Å². The van der Waals surface area contributed by atoms with Gasteiger partial charge < -0.3 is 5.32 Å². The maximum absolute atomic E-state index is 12.5. The Morgan fingerprint density at radius 3 is 2.52 bits per heavy atom. The Bertz CT molecular complexity index is 1070. The van der Waals surface area contributed by atoms with Gasteiger partial charge in [0.15, 0.2) is 0 Å². The summed E-state index contributed by atoms with van der Waals surface area (Å²) in [6, 6.07) is 10.0. The molecule has 0 fully saturated rings. The number of benzene rings is 2. The van der Waals surface area contributed by atoms with E-state index in [1.54, 1.807) is 37.4 Å². The fourth-order valence-electron chi connectivity index (χ4n) is 2.56. The van der Waals surface area contributed by atoms with E-state index in [4.69, 9.17) is 46.4 Å². The van der Waals surface area contributed by atoms with Crippen LogP contribution in [0.25, 0.3) is 10.9 Å². The summed E-state index contributed by atoms with van der Waals surface area (Å²) in [6.45, 7) is 1.69. The highest BCUT2D eigenvalue weighted by Gasteiger charge is 2.28. The van der Waals surface area contributed by atoms with Gasteiger partial charge in [0, 0.05) is 22.2 Å². The second kappa shape index (κ2) is 7.57. The molecule has 2 aromatic carbocycles. The fraction of sp³-hybridized carbons (Fsp3) is 0.167. The summed E-state index contributed by atoms with van der Waals surface area (Å²) in [5, 5.41) is 18.8. The summed E-state index contributed by atoms with van der Waals surface area (Å²) >= 11 is 24.2. The summed E-state index contributed by atoms with van der Waals surface area (Å²) in [4.78, 5) is 12.5. The van der Waals surface area contributed by atoms with E-state index < -0.39 is 11.4 Å². The van der Waals surface area contributed by atoms with E-state index in [1.165, 1.54) is 10.7 Å². The Morgan fingerprint density at radius 1 is 1.22 bits per heavy atom.